The Morgan fingerprint density at radius 2 is 1.97 bits per heavy atom. The van der Waals surface area contributed by atoms with Crippen LogP contribution in [0, 0.1) is 12.7 Å². The van der Waals surface area contributed by atoms with E-state index in [4.69, 9.17) is 4.74 Å². The average molecular weight is 453 g/mol. The summed E-state index contributed by atoms with van der Waals surface area (Å²) >= 11 is 0. The predicted molar refractivity (Wildman–Crippen MR) is 105 cm³/mol. The van der Waals surface area contributed by atoms with Crippen molar-refractivity contribution in [3.63, 3.8) is 0 Å². The topological polar surface area (TPSA) is 90.1 Å². The quantitative estimate of drug-likeness (QED) is 0.597. The molecular weight excluding hydrogens is 434 g/mol. The molecule has 32 heavy (non-hydrogen) atoms. The van der Waals surface area contributed by atoms with Crippen molar-refractivity contribution >= 4 is 17.4 Å². The highest BCUT2D eigenvalue weighted by Gasteiger charge is 2.34. The first kappa shape index (κ1) is 21.7. The van der Waals surface area contributed by atoms with Crippen LogP contribution in [-0.2, 0) is 22.3 Å². The zero-order valence-electron chi connectivity index (χ0n) is 16.9. The van der Waals surface area contributed by atoms with E-state index in [2.05, 4.69) is 20.4 Å². The highest BCUT2D eigenvalue weighted by Crippen LogP contribution is 2.28. The third-order valence-corrected chi connectivity index (χ3v) is 4.82. The van der Waals surface area contributed by atoms with Crippen molar-refractivity contribution < 1.29 is 27.1 Å². The van der Waals surface area contributed by atoms with E-state index in [1.165, 1.54) is 24.0 Å². The van der Waals surface area contributed by atoms with Gasteiger partial charge < -0.3 is 15.0 Å². The third-order valence-electron chi connectivity index (χ3n) is 4.82. The molecule has 0 atom stereocenters. The summed E-state index contributed by atoms with van der Waals surface area (Å²) in [6.45, 7) is 3.47. The molecule has 1 saturated heterocycles. The molecule has 4 heterocycles. The summed E-state index contributed by atoms with van der Waals surface area (Å²) in [6, 6.07) is 1.92. The molecule has 1 aliphatic rings. The van der Waals surface area contributed by atoms with Gasteiger partial charge in [-0.15, -0.1) is 0 Å². The van der Waals surface area contributed by atoms with E-state index in [-0.39, 0.29) is 17.2 Å². The summed E-state index contributed by atoms with van der Waals surface area (Å²) in [6.07, 6.45) is -0.271. The Balaban J connectivity index is 1.43. The van der Waals surface area contributed by atoms with Crippen molar-refractivity contribution in [2.75, 3.05) is 36.5 Å². The number of hydrogen-bond acceptors (Lipinski definition) is 6. The summed E-state index contributed by atoms with van der Waals surface area (Å²) in [5.74, 6) is -0.716. The summed E-state index contributed by atoms with van der Waals surface area (Å²) in [5, 5.41) is 5.81. The lowest BCUT2D eigenvalue weighted by molar-refractivity contribution is -0.141. The van der Waals surface area contributed by atoms with Crippen molar-refractivity contribution in [2.24, 2.45) is 0 Å². The summed E-state index contributed by atoms with van der Waals surface area (Å²) < 4.78 is 60.5. The van der Waals surface area contributed by atoms with Crippen LogP contribution in [0.4, 0.5) is 29.1 Å². The number of morpholine rings is 1. The van der Waals surface area contributed by atoms with Crippen LogP contribution < -0.4 is 10.2 Å². The number of carbonyl (C=O) groups excluding carboxylic acids is 1. The Morgan fingerprint density at radius 1 is 1.22 bits per heavy atom. The number of anilines is 2. The van der Waals surface area contributed by atoms with Gasteiger partial charge in [-0.1, -0.05) is 0 Å². The van der Waals surface area contributed by atoms with Gasteiger partial charge in [-0.25, -0.2) is 14.4 Å². The lowest BCUT2D eigenvalue weighted by Gasteiger charge is -2.26. The van der Waals surface area contributed by atoms with E-state index in [1.807, 2.05) is 4.90 Å². The third kappa shape index (κ3) is 4.72. The molecule has 1 fully saturated rings. The molecular formula is C19H19F4N7O2. The van der Waals surface area contributed by atoms with E-state index in [0.717, 1.165) is 16.8 Å². The zero-order valence-corrected chi connectivity index (χ0v) is 16.9. The highest BCUT2D eigenvalue weighted by atomic mass is 19.4. The van der Waals surface area contributed by atoms with Gasteiger partial charge in [0.1, 0.15) is 18.7 Å². The molecule has 4 rings (SSSR count). The van der Waals surface area contributed by atoms with Gasteiger partial charge in [0.05, 0.1) is 31.3 Å². The predicted octanol–water partition coefficient (Wildman–Crippen LogP) is 2.41. The van der Waals surface area contributed by atoms with Crippen LogP contribution in [0.3, 0.4) is 0 Å². The molecule has 13 heteroatoms. The summed E-state index contributed by atoms with van der Waals surface area (Å²) in [7, 11) is 0. The van der Waals surface area contributed by atoms with Gasteiger partial charge in [-0.2, -0.15) is 18.3 Å². The number of nitrogens with zero attached hydrogens (tertiary/aromatic N) is 6. The summed E-state index contributed by atoms with van der Waals surface area (Å²) in [5.41, 5.74) is -0.856. The molecule has 1 amide bonds. The lowest BCUT2D eigenvalue weighted by atomic mass is 10.3. The first-order valence-corrected chi connectivity index (χ1v) is 9.65. The maximum absolute atomic E-state index is 14.6. The number of rotatable bonds is 5. The molecule has 3 aromatic rings. The van der Waals surface area contributed by atoms with Gasteiger partial charge in [0.25, 0.3) is 0 Å². The second-order valence-corrected chi connectivity index (χ2v) is 7.14. The minimum Gasteiger partial charge on any atom is -0.378 e. The number of carbonyl (C=O) groups is 1. The molecule has 0 aromatic carbocycles. The smallest absolute Gasteiger partial charge is 0.378 e. The van der Waals surface area contributed by atoms with Crippen LogP contribution in [0.1, 0.15) is 11.4 Å². The molecule has 1 N–H and O–H groups in total. The number of alkyl halides is 3. The normalized spacial score (nSPS) is 14.6. The number of hydrogen-bond donors (Lipinski definition) is 1. The number of aryl methyl sites for hydroxylation is 1. The van der Waals surface area contributed by atoms with Crippen LogP contribution in [0.5, 0.6) is 0 Å². The molecule has 0 bridgehead atoms. The van der Waals surface area contributed by atoms with Gasteiger partial charge in [-0.05, 0) is 13.0 Å². The van der Waals surface area contributed by atoms with Gasteiger partial charge in [0, 0.05) is 24.8 Å². The van der Waals surface area contributed by atoms with Crippen LogP contribution in [0.2, 0.25) is 0 Å². The number of pyridine rings is 1. The number of ether oxygens (including phenoxy) is 1. The SMILES string of the molecule is Cc1cc(C(F)(F)F)nn1CC(=O)Nc1cnc(-n2cnc(N3CCOCC3)c2)c(F)c1. The van der Waals surface area contributed by atoms with Crippen molar-refractivity contribution in [1.82, 2.24) is 24.3 Å². The fourth-order valence-electron chi connectivity index (χ4n) is 3.22. The van der Waals surface area contributed by atoms with Gasteiger partial charge in [-0.3, -0.25) is 14.0 Å². The maximum atomic E-state index is 14.6. The molecule has 0 aliphatic carbocycles. The van der Waals surface area contributed by atoms with Gasteiger partial charge >= 0.3 is 6.18 Å². The molecule has 3 aromatic heterocycles. The average Bonchev–Trinajstić information content (AvgIpc) is 3.36. The van der Waals surface area contributed by atoms with E-state index in [9.17, 15) is 22.4 Å². The van der Waals surface area contributed by atoms with E-state index in [0.29, 0.717) is 32.1 Å². The lowest BCUT2D eigenvalue weighted by Crippen LogP contribution is -2.36. The fourth-order valence-corrected chi connectivity index (χ4v) is 3.22. The Bertz CT molecular complexity index is 1120. The zero-order chi connectivity index (χ0) is 22.9. The number of imidazole rings is 1. The number of amides is 1. The fraction of sp³-hybridized carbons (Fsp3) is 0.368. The van der Waals surface area contributed by atoms with E-state index in [1.54, 1.807) is 6.20 Å². The second kappa shape index (κ2) is 8.57. The van der Waals surface area contributed by atoms with E-state index >= 15 is 0 Å². The standard InChI is InChI=1S/C19H19F4N7O2/c1-12-6-15(19(21,22)23)27-30(12)10-17(31)26-13-7-14(20)18(24-8-13)29-9-16(25-11-29)28-2-4-32-5-3-28/h6-9,11H,2-5,10H2,1H3,(H,26,31). The molecule has 1 aliphatic heterocycles. The second-order valence-electron chi connectivity index (χ2n) is 7.14. The van der Waals surface area contributed by atoms with Crippen LogP contribution in [0.25, 0.3) is 5.82 Å². The number of aromatic nitrogens is 5. The van der Waals surface area contributed by atoms with Crippen LogP contribution in [-0.4, -0.2) is 56.5 Å². The molecule has 170 valence electrons. The van der Waals surface area contributed by atoms with Gasteiger partial charge in [0.15, 0.2) is 17.3 Å². The van der Waals surface area contributed by atoms with Gasteiger partial charge in [0.2, 0.25) is 5.91 Å². The number of halogens is 4. The Labute approximate surface area is 179 Å². The Morgan fingerprint density at radius 3 is 2.62 bits per heavy atom. The Hall–Kier alpha value is -3.48. The minimum absolute atomic E-state index is 0.00671. The summed E-state index contributed by atoms with van der Waals surface area (Å²) in [4.78, 5) is 22.5. The Kier molecular flexibility index (Phi) is 5.82. The van der Waals surface area contributed by atoms with Crippen molar-refractivity contribution in [2.45, 2.75) is 19.6 Å². The maximum Gasteiger partial charge on any atom is 0.435 e. The molecule has 0 radical (unpaired) electrons. The largest absolute Gasteiger partial charge is 0.435 e. The first-order chi connectivity index (χ1) is 15.2. The highest BCUT2D eigenvalue weighted by molar-refractivity contribution is 5.90. The first-order valence-electron chi connectivity index (χ1n) is 9.65. The number of nitrogens with one attached hydrogen (secondary N) is 1. The van der Waals surface area contributed by atoms with E-state index < -0.39 is 30.1 Å². The molecule has 0 saturated carbocycles. The minimum atomic E-state index is -4.61. The molecule has 0 spiro atoms. The van der Waals surface area contributed by atoms with Crippen molar-refractivity contribution in [3.8, 4) is 5.82 Å². The van der Waals surface area contributed by atoms with Crippen LogP contribution in [0.15, 0.2) is 30.9 Å². The van der Waals surface area contributed by atoms with Crippen LogP contribution >= 0.6 is 0 Å². The molecule has 9 nitrogen and oxygen atoms in total. The van der Waals surface area contributed by atoms with Crippen molar-refractivity contribution in [3.05, 3.63) is 48.1 Å². The van der Waals surface area contributed by atoms with Crippen molar-refractivity contribution in [1.29, 1.82) is 0 Å². The monoisotopic (exact) mass is 453 g/mol. The molecule has 0 unspecified atom stereocenters.